The van der Waals surface area contributed by atoms with Crippen LogP contribution in [0, 0.1) is 5.82 Å². The molecule has 1 atom stereocenters. The van der Waals surface area contributed by atoms with E-state index in [1.54, 1.807) is 29.1 Å². The van der Waals surface area contributed by atoms with Gasteiger partial charge in [0.2, 0.25) is 0 Å². The molecule has 0 aliphatic carbocycles. The number of furan rings is 1. The molecule has 0 radical (unpaired) electrons. The van der Waals surface area contributed by atoms with Crippen LogP contribution in [0.4, 0.5) is 10.1 Å². The summed E-state index contributed by atoms with van der Waals surface area (Å²) in [6.45, 7) is 1.94. The van der Waals surface area contributed by atoms with Crippen molar-refractivity contribution >= 4 is 43.7 Å². The van der Waals surface area contributed by atoms with Crippen molar-refractivity contribution in [2.24, 2.45) is 0 Å². The highest BCUT2D eigenvalue weighted by Crippen LogP contribution is 2.38. The number of fused-ring (bicyclic) bond motifs is 1. The van der Waals surface area contributed by atoms with Crippen molar-refractivity contribution in [3.63, 3.8) is 0 Å². The predicted molar refractivity (Wildman–Crippen MR) is 128 cm³/mol. The van der Waals surface area contributed by atoms with Crippen LogP contribution in [0.5, 0.6) is 0 Å². The zero-order chi connectivity index (χ0) is 23.8. The molecule has 7 nitrogen and oxygen atoms in total. The number of aromatic nitrogens is 1. The highest BCUT2D eigenvalue weighted by atomic mass is 32.2. The number of halogens is 1. The molecule has 10 heteroatoms. The number of benzene rings is 2. The van der Waals surface area contributed by atoms with Crippen LogP contribution < -0.4 is 10.6 Å². The molecule has 1 unspecified atom stereocenters. The Bertz CT molecular complexity index is 1410. The summed E-state index contributed by atoms with van der Waals surface area (Å²) in [6.07, 6.45) is 1.73. The van der Waals surface area contributed by atoms with E-state index in [-0.39, 0.29) is 5.91 Å². The molecule has 2 heterocycles. The lowest BCUT2D eigenvalue weighted by atomic mass is 10.0. The van der Waals surface area contributed by atoms with Gasteiger partial charge >= 0.3 is 0 Å². The first-order valence-corrected chi connectivity index (χ1v) is 13.0. The first-order valence-electron chi connectivity index (χ1n) is 10.1. The van der Waals surface area contributed by atoms with Crippen LogP contribution in [0.1, 0.15) is 33.9 Å². The number of carbonyl (C=O) groups is 1. The van der Waals surface area contributed by atoms with E-state index < -0.39 is 21.0 Å². The Morgan fingerprint density at radius 1 is 1.24 bits per heavy atom. The zero-order valence-corrected chi connectivity index (χ0v) is 19.8. The van der Waals surface area contributed by atoms with Crippen molar-refractivity contribution in [2.45, 2.75) is 18.7 Å². The number of carbonyl (C=O) groups excluding carboxylic acids is 1. The number of sulfone groups is 1. The maximum Gasteiger partial charge on any atom is 0.255 e. The molecule has 2 N–H and O–H groups in total. The monoisotopic (exact) mass is 487 g/mol. The quantitative estimate of drug-likeness (QED) is 0.389. The number of nitrogens with zero attached hydrogens (tertiary/aromatic N) is 1. The Hall–Kier alpha value is -3.24. The van der Waals surface area contributed by atoms with Crippen LogP contribution in [0.3, 0.4) is 0 Å². The average molecular weight is 488 g/mol. The molecular formula is C23H22FN3O4S2. The Morgan fingerprint density at radius 3 is 2.55 bits per heavy atom. The molecule has 4 rings (SSSR count). The highest BCUT2D eigenvalue weighted by Gasteiger charge is 2.27. The minimum absolute atomic E-state index is 0.308. The molecule has 4 aromatic rings. The molecule has 0 aliphatic heterocycles. The Morgan fingerprint density at radius 2 is 1.97 bits per heavy atom. The lowest BCUT2D eigenvalue weighted by Gasteiger charge is -2.19. The molecule has 0 saturated carbocycles. The van der Waals surface area contributed by atoms with Gasteiger partial charge in [-0.3, -0.25) is 4.79 Å². The number of aryl methyl sites for hydroxylation is 1. The molecule has 33 heavy (non-hydrogen) atoms. The smallest absolute Gasteiger partial charge is 0.255 e. The fourth-order valence-electron chi connectivity index (χ4n) is 3.66. The van der Waals surface area contributed by atoms with Crippen LogP contribution in [-0.4, -0.2) is 32.6 Å². The number of thiazole rings is 1. The molecule has 0 bridgehead atoms. The first-order chi connectivity index (χ1) is 15.7. The summed E-state index contributed by atoms with van der Waals surface area (Å²) in [5.74, 6) is -0.431. The van der Waals surface area contributed by atoms with E-state index >= 15 is 0 Å². The molecular weight excluding hydrogens is 465 g/mol. The van der Waals surface area contributed by atoms with E-state index in [9.17, 15) is 17.6 Å². The minimum atomic E-state index is -3.53. The van der Waals surface area contributed by atoms with Gasteiger partial charge in [0, 0.05) is 41.4 Å². The second kappa shape index (κ2) is 8.95. The van der Waals surface area contributed by atoms with Crippen LogP contribution >= 0.6 is 11.3 Å². The maximum atomic E-state index is 13.4. The Labute approximate surface area is 194 Å². The minimum Gasteiger partial charge on any atom is -0.455 e. The third-order valence-corrected chi connectivity index (χ3v) is 7.11. The second-order valence-electron chi connectivity index (χ2n) is 7.52. The van der Waals surface area contributed by atoms with Gasteiger partial charge in [0.1, 0.15) is 17.2 Å². The fourth-order valence-corrected chi connectivity index (χ4v) is 5.24. The average Bonchev–Trinajstić information content (AvgIpc) is 3.43. The molecule has 2 aromatic carbocycles. The topological polar surface area (TPSA) is 101 Å². The normalized spacial score (nSPS) is 12.6. The van der Waals surface area contributed by atoms with E-state index in [0.717, 1.165) is 11.8 Å². The number of anilines is 1. The van der Waals surface area contributed by atoms with Crippen LogP contribution in [0.15, 0.2) is 51.7 Å². The van der Waals surface area contributed by atoms with Gasteiger partial charge in [-0.05, 0) is 42.3 Å². The summed E-state index contributed by atoms with van der Waals surface area (Å²) >= 11 is 1.31. The van der Waals surface area contributed by atoms with Crippen molar-refractivity contribution < 1.29 is 22.0 Å². The largest absolute Gasteiger partial charge is 0.455 e. The van der Waals surface area contributed by atoms with Gasteiger partial charge in [-0.25, -0.2) is 17.8 Å². The van der Waals surface area contributed by atoms with E-state index in [1.807, 2.05) is 13.0 Å². The Kier molecular flexibility index (Phi) is 6.22. The van der Waals surface area contributed by atoms with Gasteiger partial charge in [-0.1, -0.05) is 6.92 Å². The molecule has 1 amide bonds. The fraction of sp³-hybridized carbons (Fsp3) is 0.217. The van der Waals surface area contributed by atoms with E-state index in [1.165, 1.54) is 30.5 Å². The lowest BCUT2D eigenvalue weighted by molar-refractivity contribution is 0.0964. The standard InChI is InChI=1S/C23H22FN3O4S2/c1-4-13-9-16-19(10-17(13)27-23(33(3,29)30)18-11-32-12-26-18)31-21(20(16)22(28)25-2)14-5-7-15(24)8-6-14/h5-12,23,27H,4H2,1-3H3,(H,25,28). The molecule has 0 fully saturated rings. The van der Waals surface area contributed by atoms with Gasteiger partial charge in [0.15, 0.2) is 15.2 Å². The summed E-state index contributed by atoms with van der Waals surface area (Å²) in [7, 11) is -2.00. The molecule has 2 aromatic heterocycles. The number of hydrogen-bond acceptors (Lipinski definition) is 7. The van der Waals surface area contributed by atoms with Crippen molar-refractivity contribution in [3.8, 4) is 11.3 Å². The Balaban J connectivity index is 1.89. The summed E-state index contributed by atoms with van der Waals surface area (Å²) in [6, 6.07) is 9.19. The van der Waals surface area contributed by atoms with Gasteiger partial charge < -0.3 is 15.1 Å². The van der Waals surface area contributed by atoms with Crippen LogP contribution in [0.25, 0.3) is 22.3 Å². The second-order valence-corrected chi connectivity index (χ2v) is 10.4. The summed E-state index contributed by atoms with van der Waals surface area (Å²) in [5.41, 5.74) is 4.64. The van der Waals surface area contributed by atoms with Crippen LogP contribution in [0.2, 0.25) is 0 Å². The third-order valence-electron chi connectivity index (χ3n) is 5.29. The molecule has 0 spiro atoms. The first kappa shape index (κ1) is 22.9. The molecule has 172 valence electrons. The van der Waals surface area contributed by atoms with Gasteiger partial charge in [-0.2, -0.15) is 0 Å². The molecule has 0 aliphatic rings. The molecule has 0 saturated heterocycles. The number of rotatable bonds is 7. The van der Waals surface area contributed by atoms with Crippen molar-refractivity contribution in [1.29, 1.82) is 0 Å². The van der Waals surface area contributed by atoms with Crippen molar-refractivity contribution in [1.82, 2.24) is 10.3 Å². The number of nitrogens with one attached hydrogen (secondary N) is 2. The van der Waals surface area contributed by atoms with Crippen LogP contribution in [-0.2, 0) is 16.3 Å². The van der Waals surface area contributed by atoms with E-state index in [0.29, 0.717) is 45.7 Å². The van der Waals surface area contributed by atoms with Crippen molar-refractivity contribution in [2.75, 3.05) is 18.6 Å². The third kappa shape index (κ3) is 4.49. The summed E-state index contributed by atoms with van der Waals surface area (Å²) < 4.78 is 44.5. The number of hydrogen-bond donors (Lipinski definition) is 2. The number of amides is 1. The summed E-state index contributed by atoms with van der Waals surface area (Å²) in [4.78, 5) is 16.9. The highest BCUT2D eigenvalue weighted by molar-refractivity contribution is 7.91. The lowest BCUT2D eigenvalue weighted by Crippen LogP contribution is -2.21. The maximum absolute atomic E-state index is 13.4. The zero-order valence-electron chi connectivity index (χ0n) is 18.2. The van der Waals surface area contributed by atoms with Crippen molar-refractivity contribution in [3.05, 3.63) is 69.9 Å². The van der Waals surface area contributed by atoms with Gasteiger partial charge in [0.25, 0.3) is 5.91 Å². The SMILES string of the molecule is CCc1cc2c(C(=O)NC)c(-c3ccc(F)cc3)oc2cc1NC(c1cscn1)S(C)(=O)=O. The summed E-state index contributed by atoms with van der Waals surface area (Å²) in [5, 5.41) is 6.97. The van der Waals surface area contributed by atoms with E-state index in [2.05, 4.69) is 15.6 Å². The van der Waals surface area contributed by atoms with E-state index in [4.69, 9.17) is 4.42 Å². The van der Waals surface area contributed by atoms with Gasteiger partial charge in [-0.15, -0.1) is 11.3 Å². The van der Waals surface area contributed by atoms with Gasteiger partial charge in [0.05, 0.1) is 16.8 Å². The predicted octanol–water partition coefficient (Wildman–Crippen LogP) is 4.77.